The molecule has 0 atom stereocenters. The lowest BCUT2D eigenvalue weighted by atomic mass is 10.1. The molecule has 0 aliphatic heterocycles. The molecule has 0 aliphatic carbocycles. The number of hydrogen-bond acceptors (Lipinski definition) is 1. The zero-order valence-electron chi connectivity index (χ0n) is 9.43. The van der Waals surface area contributed by atoms with Gasteiger partial charge in [0.15, 0.2) is 0 Å². The quantitative estimate of drug-likeness (QED) is 0.598. The van der Waals surface area contributed by atoms with E-state index >= 15 is 0 Å². The Morgan fingerprint density at radius 2 is 2.25 bits per heavy atom. The third-order valence-corrected chi connectivity index (χ3v) is 2.05. The fraction of sp³-hybridized carbons (Fsp3) is 0.308. The Morgan fingerprint density at radius 3 is 2.94 bits per heavy atom. The molecule has 0 fully saturated rings. The van der Waals surface area contributed by atoms with Crippen LogP contribution < -0.4 is 5.32 Å². The molecule has 0 saturated heterocycles. The first kappa shape index (κ1) is 12.3. The molecule has 0 spiro atoms. The van der Waals surface area contributed by atoms with Crippen molar-refractivity contribution in [2.24, 2.45) is 0 Å². The monoisotopic (exact) mass is 219 g/mol. The molecule has 1 aromatic rings. The van der Waals surface area contributed by atoms with Gasteiger partial charge >= 0.3 is 0 Å². The van der Waals surface area contributed by atoms with Gasteiger partial charge in [-0.2, -0.15) is 0 Å². The molecule has 1 rings (SSSR count). The topological polar surface area (TPSA) is 29.1 Å². The summed E-state index contributed by atoms with van der Waals surface area (Å²) in [6.45, 7) is 3.87. The lowest BCUT2D eigenvalue weighted by Gasteiger charge is -1.97. The van der Waals surface area contributed by atoms with Gasteiger partial charge in [0.25, 0.3) is 0 Å². The normalized spacial score (nSPS) is 9.19. The van der Waals surface area contributed by atoms with Crippen molar-refractivity contribution in [1.29, 1.82) is 0 Å². The van der Waals surface area contributed by atoms with Crippen LogP contribution in [0, 0.1) is 24.6 Å². The Kier molecular flexibility index (Phi) is 4.53. The number of carbonyl (C=O) groups excluding carboxylic acids is 1. The van der Waals surface area contributed by atoms with Crippen LogP contribution in [0.4, 0.5) is 4.39 Å². The molecule has 2 nitrogen and oxygen atoms in total. The summed E-state index contributed by atoms with van der Waals surface area (Å²) in [5.74, 6) is 5.43. The van der Waals surface area contributed by atoms with Gasteiger partial charge < -0.3 is 5.32 Å². The number of halogens is 1. The second-order valence-corrected chi connectivity index (χ2v) is 3.49. The number of benzene rings is 1. The van der Waals surface area contributed by atoms with Gasteiger partial charge in [0.1, 0.15) is 5.82 Å². The van der Waals surface area contributed by atoms with Gasteiger partial charge in [-0.1, -0.05) is 17.9 Å². The third kappa shape index (κ3) is 4.14. The average molecular weight is 219 g/mol. The maximum absolute atomic E-state index is 12.9. The molecule has 1 N–H and O–H groups in total. The highest BCUT2D eigenvalue weighted by molar-refractivity contribution is 5.72. The van der Waals surface area contributed by atoms with Crippen molar-refractivity contribution in [3.05, 3.63) is 35.1 Å². The van der Waals surface area contributed by atoms with E-state index in [-0.39, 0.29) is 11.7 Å². The maximum Gasteiger partial charge on any atom is 0.216 e. The number of amides is 1. The molecular weight excluding hydrogens is 205 g/mol. The Morgan fingerprint density at radius 1 is 1.50 bits per heavy atom. The number of rotatable bonds is 2. The molecule has 1 aromatic carbocycles. The zero-order valence-corrected chi connectivity index (χ0v) is 9.43. The molecule has 16 heavy (non-hydrogen) atoms. The van der Waals surface area contributed by atoms with Crippen molar-refractivity contribution in [2.75, 3.05) is 6.54 Å². The molecular formula is C13H14FNO. The minimum absolute atomic E-state index is 0.0660. The van der Waals surface area contributed by atoms with Crippen molar-refractivity contribution in [1.82, 2.24) is 5.32 Å². The summed E-state index contributed by atoms with van der Waals surface area (Å²) in [6, 6.07) is 4.53. The Labute approximate surface area is 94.9 Å². The van der Waals surface area contributed by atoms with Gasteiger partial charge in [-0.3, -0.25) is 4.79 Å². The first-order valence-corrected chi connectivity index (χ1v) is 5.09. The molecule has 3 heteroatoms. The summed E-state index contributed by atoms with van der Waals surface area (Å²) in [7, 11) is 0. The van der Waals surface area contributed by atoms with Crippen LogP contribution in [0.15, 0.2) is 18.2 Å². The van der Waals surface area contributed by atoms with E-state index in [0.29, 0.717) is 18.5 Å². The predicted octanol–water partition coefficient (Wildman–Crippen LogP) is 2.01. The minimum Gasteiger partial charge on any atom is -0.355 e. The first-order chi connectivity index (χ1) is 7.59. The van der Waals surface area contributed by atoms with Crippen molar-refractivity contribution in [3.63, 3.8) is 0 Å². The van der Waals surface area contributed by atoms with Crippen LogP contribution in [0.2, 0.25) is 0 Å². The third-order valence-electron chi connectivity index (χ3n) is 2.05. The molecule has 0 heterocycles. The largest absolute Gasteiger partial charge is 0.355 e. The Hall–Kier alpha value is -1.82. The number of carbonyl (C=O) groups is 1. The van der Waals surface area contributed by atoms with E-state index in [1.807, 2.05) is 6.92 Å². The van der Waals surface area contributed by atoms with E-state index in [1.165, 1.54) is 19.1 Å². The lowest BCUT2D eigenvalue weighted by Crippen LogP contribution is -2.20. The summed E-state index contributed by atoms with van der Waals surface area (Å²) in [5.41, 5.74) is 1.65. The van der Waals surface area contributed by atoms with Crippen LogP contribution in [-0.2, 0) is 4.79 Å². The van der Waals surface area contributed by atoms with E-state index in [4.69, 9.17) is 0 Å². The molecule has 84 valence electrons. The van der Waals surface area contributed by atoms with E-state index in [2.05, 4.69) is 17.2 Å². The predicted molar refractivity (Wildman–Crippen MR) is 61.3 cm³/mol. The summed E-state index contributed by atoms with van der Waals surface area (Å²) in [4.78, 5) is 10.6. The van der Waals surface area contributed by atoms with Crippen LogP contribution in [-0.4, -0.2) is 12.5 Å². The van der Waals surface area contributed by atoms with Crippen molar-refractivity contribution >= 4 is 5.91 Å². The second kappa shape index (κ2) is 5.92. The summed E-state index contributed by atoms with van der Waals surface area (Å²) in [5, 5.41) is 2.64. The molecule has 0 radical (unpaired) electrons. The fourth-order valence-corrected chi connectivity index (χ4v) is 1.19. The van der Waals surface area contributed by atoms with E-state index in [1.54, 1.807) is 6.07 Å². The summed E-state index contributed by atoms with van der Waals surface area (Å²) >= 11 is 0. The Bertz CT molecular complexity index is 443. The molecule has 0 unspecified atom stereocenters. The molecule has 1 amide bonds. The van der Waals surface area contributed by atoms with Gasteiger partial charge in [-0.15, -0.1) is 0 Å². The van der Waals surface area contributed by atoms with E-state index in [9.17, 15) is 9.18 Å². The molecule has 0 saturated carbocycles. The van der Waals surface area contributed by atoms with E-state index < -0.39 is 0 Å². The van der Waals surface area contributed by atoms with Crippen LogP contribution in [0.5, 0.6) is 0 Å². The van der Waals surface area contributed by atoms with Crippen molar-refractivity contribution in [3.8, 4) is 11.8 Å². The second-order valence-electron chi connectivity index (χ2n) is 3.49. The van der Waals surface area contributed by atoms with Gasteiger partial charge in [-0.05, 0) is 24.6 Å². The SMILES string of the molecule is CC(=O)NCCC#Cc1cc(F)ccc1C. The highest BCUT2D eigenvalue weighted by atomic mass is 19.1. The molecule has 0 bridgehead atoms. The highest BCUT2D eigenvalue weighted by Crippen LogP contribution is 2.08. The average Bonchev–Trinajstić information content (AvgIpc) is 2.22. The minimum atomic E-state index is -0.281. The van der Waals surface area contributed by atoms with Gasteiger partial charge in [0.2, 0.25) is 5.91 Å². The van der Waals surface area contributed by atoms with Crippen LogP contribution in [0.1, 0.15) is 24.5 Å². The van der Waals surface area contributed by atoms with Gasteiger partial charge in [0.05, 0.1) is 0 Å². The van der Waals surface area contributed by atoms with E-state index in [0.717, 1.165) is 5.56 Å². The molecule has 0 aromatic heterocycles. The van der Waals surface area contributed by atoms with Crippen LogP contribution in [0.25, 0.3) is 0 Å². The maximum atomic E-state index is 12.9. The summed E-state index contributed by atoms with van der Waals surface area (Å²) in [6.07, 6.45) is 0.565. The van der Waals surface area contributed by atoms with Crippen LogP contribution in [0.3, 0.4) is 0 Å². The Balaban J connectivity index is 2.56. The van der Waals surface area contributed by atoms with Crippen LogP contribution >= 0.6 is 0 Å². The summed E-state index contributed by atoms with van der Waals surface area (Å²) < 4.78 is 12.9. The standard InChI is InChI=1S/C13H14FNO/c1-10-6-7-13(14)9-12(10)5-3-4-8-15-11(2)16/h6-7,9H,4,8H2,1-2H3,(H,15,16). The van der Waals surface area contributed by atoms with Gasteiger partial charge in [-0.25, -0.2) is 4.39 Å². The van der Waals surface area contributed by atoms with Crippen molar-refractivity contribution in [2.45, 2.75) is 20.3 Å². The highest BCUT2D eigenvalue weighted by Gasteiger charge is 1.96. The number of hydrogen-bond donors (Lipinski definition) is 1. The lowest BCUT2D eigenvalue weighted by molar-refractivity contribution is -0.118. The molecule has 0 aliphatic rings. The van der Waals surface area contributed by atoms with Crippen molar-refractivity contribution < 1.29 is 9.18 Å². The zero-order chi connectivity index (χ0) is 12.0. The smallest absolute Gasteiger partial charge is 0.216 e. The first-order valence-electron chi connectivity index (χ1n) is 5.09. The number of nitrogens with one attached hydrogen (secondary N) is 1. The van der Waals surface area contributed by atoms with Gasteiger partial charge in [0, 0.05) is 25.5 Å². The number of aryl methyl sites for hydroxylation is 1. The fourth-order valence-electron chi connectivity index (χ4n) is 1.19.